The van der Waals surface area contributed by atoms with Gasteiger partial charge in [0.05, 0.1) is 10.4 Å². The molecule has 0 aromatic rings. The first-order valence-corrected chi connectivity index (χ1v) is 7.94. The van der Waals surface area contributed by atoms with Gasteiger partial charge in [-0.15, -0.1) is 0 Å². The van der Waals surface area contributed by atoms with Gasteiger partial charge in [-0.1, -0.05) is 18.1 Å². The summed E-state index contributed by atoms with van der Waals surface area (Å²) in [5.74, 6) is 0. The Kier molecular flexibility index (Phi) is 4.05. The molecular formula is C16H31NSi. The lowest BCUT2D eigenvalue weighted by molar-refractivity contribution is 0.141. The van der Waals surface area contributed by atoms with Crippen LogP contribution in [0.5, 0.6) is 0 Å². The Labute approximate surface area is 117 Å². The number of hydrogen-bond donors (Lipinski definition) is 0. The molecule has 1 unspecified atom stereocenters. The summed E-state index contributed by atoms with van der Waals surface area (Å²) in [4.78, 5) is 0. The molecule has 2 heteroatoms. The van der Waals surface area contributed by atoms with Crippen LogP contribution in [0.25, 0.3) is 0 Å². The van der Waals surface area contributed by atoms with Crippen LogP contribution in [0.2, 0.25) is 0 Å². The van der Waals surface area contributed by atoms with Crippen molar-refractivity contribution in [2.24, 2.45) is 5.41 Å². The molecule has 0 bridgehead atoms. The Morgan fingerprint density at radius 3 is 1.61 bits per heavy atom. The van der Waals surface area contributed by atoms with Crippen molar-refractivity contribution in [3.63, 3.8) is 0 Å². The Morgan fingerprint density at radius 1 is 1.00 bits per heavy atom. The number of allylic oxidation sites excluding steroid dienone is 2. The van der Waals surface area contributed by atoms with Gasteiger partial charge in [0, 0.05) is 17.0 Å². The minimum absolute atomic E-state index is 0.212. The summed E-state index contributed by atoms with van der Waals surface area (Å²) < 4.78 is 2.64. The molecule has 0 aromatic carbocycles. The van der Waals surface area contributed by atoms with E-state index in [-0.39, 0.29) is 11.0 Å². The minimum Gasteiger partial charge on any atom is -0.324 e. The van der Waals surface area contributed by atoms with Crippen molar-refractivity contribution in [3.8, 4) is 0 Å². The van der Waals surface area contributed by atoms with Crippen LogP contribution >= 0.6 is 0 Å². The maximum Gasteiger partial charge on any atom is 0.0794 e. The summed E-state index contributed by atoms with van der Waals surface area (Å²) in [5.41, 5.74) is 6.62. The van der Waals surface area contributed by atoms with E-state index in [1.54, 1.807) is 11.1 Å². The zero-order chi connectivity index (χ0) is 14.5. The van der Waals surface area contributed by atoms with Crippen LogP contribution in [0.4, 0.5) is 0 Å². The number of hydrogen-bond acceptors (Lipinski definition) is 1. The Hall–Kier alpha value is -0.343. The molecule has 0 fully saturated rings. The Bertz CT molecular complexity index is 385. The van der Waals surface area contributed by atoms with Crippen LogP contribution < -0.4 is 0 Å². The van der Waals surface area contributed by atoms with Crippen molar-refractivity contribution >= 4 is 10.4 Å². The fourth-order valence-corrected chi connectivity index (χ4v) is 3.73. The summed E-state index contributed by atoms with van der Waals surface area (Å²) in [7, 11) is 1.11. The normalized spacial score (nSPS) is 22.3. The monoisotopic (exact) mass is 265 g/mol. The molecule has 1 rings (SSSR count). The van der Waals surface area contributed by atoms with E-state index in [1.165, 1.54) is 11.1 Å². The summed E-state index contributed by atoms with van der Waals surface area (Å²) in [6.45, 7) is 21.0. The van der Waals surface area contributed by atoms with Crippen molar-refractivity contribution in [2.75, 3.05) is 0 Å². The van der Waals surface area contributed by atoms with E-state index in [1.807, 2.05) is 0 Å². The maximum absolute atomic E-state index is 2.64. The van der Waals surface area contributed by atoms with Gasteiger partial charge >= 0.3 is 0 Å². The predicted molar refractivity (Wildman–Crippen MR) is 85.8 cm³/mol. The van der Waals surface area contributed by atoms with E-state index in [2.05, 4.69) is 66.9 Å². The van der Waals surface area contributed by atoms with Gasteiger partial charge in [-0.2, -0.15) is 0 Å². The van der Waals surface area contributed by atoms with Crippen molar-refractivity contribution in [1.82, 2.24) is 4.57 Å². The van der Waals surface area contributed by atoms with E-state index in [0.29, 0.717) is 6.04 Å². The first-order chi connectivity index (χ1) is 7.95. The largest absolute Gasteiger partial charge is 0.324 e. The van der Waals surface area contributed by atoms with Crippen LogP contribution in [0.3, 0.4) is 0 Å². The average molecular weight is 266 g/mol. The van der Waals surface area contributed by atoms with Crippen molar-refractivity contribution in [1.29, 1.82) is 0 Å². The maximum atomic E-state index is 2.64. The summed E-state index contributed by atoms with van der Waals surface area (Å²) in [5, 5.41) is 0. The lowest BCUT2D eigenvalue weighted by Crippen LogP contribution is -2.52. The molecule has 1 aliphatic carbocycles. The van der Waals surface area contributed by atoms with Crippen molar-refractivity contribution in [3.05, 3.63) is 22.3 Å². The summed E-state index contributed by atoms with van der Waals surface area (Å²) >= 11 is 0. The van der Waals surface area contributed by atoms with Crippen LogP contribution in [-0.2, 0) is 0 Å². The highest BCUT2D eigenvalue weighted by Crippen LogP contribution is 2.50. The zero-order valence-corrected chi connectivity index (χ0v) is 16.0. The Morgan fingerprint density at radius 2 is 1.33 bits per heavy atom. The molecule has 1 aliphatic rings. The highest BCUT2D eigenvalue weighted by atomic mass is 28.2. The third-order valence-electron chi connectivity index (χ3n) is 5.72. The predicted octanol–water partition coefficient (Wildman–Crippen LogP) is 3.45. The van der Waals surface area contributed by atoms with E-state index in [9.17, 15) is 0 Å². The van der Waals surface area contributed by atoms with E-state index in [4.69, 9.17) is 0 Å². The average Bonchev–Trinajstić information content (AvgIpc) is 2.43. The van der Waals surface area contributed by atoms with Crippen LogP contribution in [0.15, 0.2) is 22.3 Å². The number of nitrogens with zero attached hydrogens (tertiary/aromatic N) is 1. The zero-order valence-electron chi connectivity index (χ0n) is 14.0. The molecule has 1 atom stereocenters. The molecule has 0 N–H and O–H groups in total. The van der Waals surface area contributed by atoms with Gasteiger partial charge in [0.2, 0.25) is 0 Å². The molecule has 0 radical (unpaired) electrons. The van der Waals surface area contributed by atoms with Crippen LogP contribution in [-0.4, -0.2) is 26.6 Å². The second kappa shape index (κ2) is 4.64. The van der Waals surface area contributed by atoms with Gasteiger partial charge in [-0.25, -0.2) is 0 Å². The fourth-order valence-electron chi connectivity index (χ4n) is 3.22. The molecule has 0 saturated carbocycles. The van der Waals surface area contributed by atoms with Crippen molar-refractivity contribution < 1.29 is 0 Å². The van der Waals surface area contributed by atoms with Gasteiger partial charge in [0.15, 0.2) is 0 Å². The van der Waals surface area contributed by atoms with Gasteiger partial charge in [-0.05, 0) is 66.5 Å². The highest BCUT2D eigenvalue weighted by Gasteiger charge is 2.43. The second-order valence-electron chi connectivity index (χ2n) is 7.16. The molecule has 0 aliphatic heterocycles. The van der Waals surface area contributed by atoms with Gasteiger partial charge in [-0.3, -0.25) is 0 Å². The van der Waals surface area contributed by atoms with Crippen LogP contribution in [0.1, 0.15) is 62.3 Å². The smallest absolute Gasteiger partial charge is 0.0794 e. The standard InChI is InChI=1S/C16H31NSi/c1-10-11(2)13(4)16(9,12(10)3)14(5)17(18)15(6,7)8/h14H,1-9,18H3. The summed E-state index contributed by atoms with van der Waals surface area (Å²) in [6, 6.07) is 0.566. The van der Waals surface area contributed by atoms with E-state index in [0.717, 1.165) is 10.4 Å². The fraction of sp³-hybridized carbons (Fsp3) is 0.750. The first-order valence-electron chi connectivity index (χ1n) is 7.05. The molecule has 0 heterocycles. The lowest BCUT2D eigenvalue weighted by atomic mass is 9.73. The third kappa shape index (κ3) is 2.14. The molecule has 1 nitrogen and oxygen atoms in total. The molecule has 0 aromatic heterocycles. The molecular weight excluding hydrogens is 234 g/mol. The van der Waals surface area contributed by atoms with Crippen LogP contribution in [0, 0.1) is 5.41 Å². The quantitative estimate of drug-likeness (QED) is 0.691. The molecule has 104 valence electrons. The third-order valence-corrected chi connectivity index (χ3v) is 7.84. The molecule has 0 spiro atoms. The summed E-state index contributed by atoms with van der Waals surface area (Å²) in [6.07, 6.45) is 0. The molecule has 0 amide bonds. The highest BCUT2D eigenvalue weighted by molar-refractivity contribution is 6.05. The van der Waals surface area contributed by atoms with E-state index < -0.39 is 0 Å². The topological polar surface area (TPSA) is 3.24 Å². The number of rotatable bonds is 2. The SMILES string of the molecule is CC1=C(C)C(C)(C(C)N([SiH3])C(C)(C)C)C(C)=C1C. The lowest BCUT2D eigenvalue weighted by Gasteiger charge is -2.47. The van der Waals surface area contributed by atoms with Crippen molar-refractivity contribution in [2.45, 2.75) is 73.9 Å². The molecule has 0 saturated heterocycles. The minimum atomic E-state index is 0.212. The van der Waals surface area contributed by atoms with Gasteiger partial charge in [0.25, 0.3) is 0 Å². The molecule has 18 heavy (non-hydrogen) atoms. The Balaban J connectivity index is 3.25. The van der Waals surface area contributed by atoms with Gasteiger partial charge < -0.3 is 4.57 Å². The van der Waals surface area contributed by atoms with E-state index >= 15 is 0 Å². The first kappa shape index (κ1) is 15.7. The van der Waals surface area contributed by atoms with Gasteiger partial charge in [0.1, 0.15) is 0 Å². The second-order valence-corrected chi connectivity index (χ2v) is 8.12.